The van der Waals surface area contributed by atoms with Crippen molar-refractivity contribution in [2.24, 2.45) is 0 Å². The van der Waals surface area contributed by atoms with Gasteiger partial charge in [-0.2, -0.15) is 0 Å². The number of halogens is 1. The molecule has 0 bridgehead atoms. The Morgan fingerprint density at radius 1 is 1.37 bits per heavy atom. The number of amides is 1. The molecule has 0 aliphatic rings. The standard InChI is InChI=1S/C13H18BrNO3S/c1-18-9-8-15-13(16)3-2-10-19(17)12-6-4-11(14)5-7-12/h4-7H,2-3,8-10H2,1H3,(H,15,16)/t19-/m0/s1. The van der Waals surface area contributed by atoms with Gasteiger partial charge in [-0.15, -0.1) is 0 Å². The van der Waals surface area contributed by atoms with Crippen LogP contribution in [0.15, 0.2) is 33.6 Å². The minimum absolute atomic E-state index is 0.0233. The predicted octanol–water partition coefficient (Wildman–Crippen LogP) is 2.10. The van der Waals surface area contributed by atoms with Gasteiger partial charge in [0.05, 0.1) is 17.4 Å². The van der Waals surface area contributed by atoms with Gasteiger partial charge in [0.25, 0.3) is 0 Å². The first kappa shape index (κ1) is 16.3. The lowest BCUT2D eigenvalue weighted by Gasteiger charge is -2.05. The van der Waals surface area contributed by atoms with Crippen LogP contribution in [-0.2, 0) is 20.3 Å². The minimum atomic E-state index is -1.04. The maximum absolute atomic E-state index is 11.9. The Balaban J connectivity index is 2.23. The second-order valence-electron chi connectivity index (χ2n) is 3.95. The summed E-state index contributed by atoms with van der Waals surface area (Å²) in [5.74, 6) is 0.476. The molecule has 0 heterocycles. The first-order valence-electron chi connectivity index (χ1n) is 6.03. The van der Waals surface area contributed by atoms with E-state index in [-0.39, 0.29) is 5.91 Å². The number of carbonyl (C=O) groups excluding carboxylic acids is 1. The molecule has 4 nitrogen and oxygen atoms in total. The second-order valence-corrected chi connectivity index (χ2v) is 6.44. The van der Waals surface area contributed by atoms with E-state index >= 15 is 0 Å². The fourth-order valence-corrected chi connectivity index (χ4v) is 2.80. The van der Waals surface area contributed by atoms with E-state index in [1.54, 1.807) is 7.11 Å². The van der Waals surface area contributed by atoms with E-state index in [0.717, 1.165) is 9.37 Å². The summed E-state index contributed by atoms with van der Waals surface area (Å²) in [4.78, 5) is 12.2. The Kier molecular flexibility index (Phi) is 7.93. The third kappa shape index (κ3) is 6.84. The largest absolute Gasteiger partial charge is 0.383 e. The first-order chi connectivity index (χ1) is 9.13. The molecule has 1 aromatic carbocycles. The molecular formula is C13H18BrNO3S. The van der Waals surface area contributed by atoms with Crippen molar-refractivity contribution in [3.05, 3.63) is 28.7 Å². The second kappa shape index (κ2) is 9.23. The van der Waals surface area contributed by atoms with Crippen LogP contribution in [0, 0.1) is 0 Å². The zero-order valence-electron chi connectivity index (χ0n) is 10.9. The van der Waals surface area contributed by atoms with E-state index in [0.29, 0.717) is 31.7 Å². The zero-order valence-corrected chi connectivity index (χ0v) is 13.3. The molecule has 0 radical (unpaired) electrons. The Morgan fingerprint density at radius 3 is 2.68 bits per heavy atom. The normalized spacial score (nSPS) is 12.1. The molecule has 0 aromatic heterocycles. The molecule has 0 saturated heterocycles. The van der Waals surface area contributed by atoms with Crippen molar-refractivity contribution >= 4 is 32.6 Å². The van der Waals surface area contributed by atoms with E-state index in [1.807, 2.05) is 24.3 Å². The number of rotatable bonds is 8. The van der Waals surface area contributed by atoms with Crippen LogP contribution in [0.25, 0.3) is 0 Å². The van der Waals surface area contributed by atoms with Crippen LogP contribution in [0.3, 0.4) is 0 Å². The first-order valence-corrected chi connectivity index (χ1v) is 8.14. The predicted molar refractivity (Wildman–Crippen MR) is 79.5 cm³/mol. The van der Waals surface area contributed by atoms with Crippen LogP contribution >= 0.6 is 15.9 Å². The van der Waals surface area contributed by atoms with Crippen LogP contribution in [-0.4, -0.2) is 36.1 Å². The molecule has 19 heavy (non-hydrogen) atoms. The summed E-state index contributed by atoms with van der Waals surface area (Å²) in [5, 5.41) is 2.74. The SMILES string of the molecule is COCCNC(=O)CCC[S@](=O)c1ccc(Br)cc1. The van der Waals surface area contributed by atoms with E-state index in [9.17, 15) is 9.00 Å². The molecule has 1 rings (SSSR count). The highest BCUT2D eigenvalue weighted by Gasteiger charge is 2.06. The molecule has 1 N–H and O–H groups in total. The smallest absolute Gasteiger partial charge is 0.220 e. The molecule has 0 unspecified atom stereocenters. The van der Waals surface area contributed by atoms with Crippen LogP contribution in [0.5, 0.6) is 0 Å². The van der Waals surface area contributed by atoms with Gasteiger partial charge in [-0.3, -0.25) is 9.00 Å². The lowest BCUT2D eigenvalue weighted by molar-refractivity contribution is -0.121. The Hall–Kier alpha value is -0.720. The average Bonchev–Trinajstić information content (AvgIpc) is 2.39. The third-order valence-corrected chi connectivity index (χ3v) is 4.42. The molecule has 0 aliphatic heterocycles. The molecule has 1 aromatic rings. The van der Waals surface area contributed by atoms with Gasteiger partial charge < -0.3 is 10.1 Å². The van der Waals surface area contributed by atoms with Gasteiger partial charge in [0.15, 0.2) is 0 Å². The van der Waals surface area contributed by atoms with Gasteiger partial charge in [0.2, 0.25) is 5.91 Å². The van der Waals surface area contributed by atoms with E-state index < -0.39 is 10.8 Å². The number of benzene rings is 1. The van der Waals surface area contributed by atoms with Crippen LogP contribution in [0.4, 0.5) is 0 Å². The van der Waals surface area contributed by atoms with Gasteiger partial charge in [-0.25, -0.2) is 0 Å². The number of nitrogens with one attached hydrogen (secondary N) is 1. The summed E-state index contributed by atoms with van der Waals surface area (Å²) >= 11 is 3.33. The zero-order chi connectivity index (χ0) is 14.1. The van der Waals surface area contributed by atoms with E-state index in [1.165, 1.54) is 0 Å². The molecule has 6 heteroatoms. The van der Waals surface area contributed by atoms with Gasteiger partial charge >= 0.3 is 0 Å². The summed E-state index contributed by atoms with van der Waals surface area (Å²) in [7, 11) is 0.550. The summed E-state index contributed by atoms with van der Waals surface area (Å²) in [5.41, 5.74) is 0. The van der Waals surface area contributed by atoms with Gasteiger partial charge in [-0.1, -0.05) is 15.9 Å². The average molecular weight is 348 g/mol. The van der Waals surface area contributed by atoms with Gasteiger partial charge in [0.1, 0.15) is 0 Å². The van der Waals surface area contributed by atoms with Crippen molar-refractivity contribution in [3.63, 3.8) is 0 Å². The fraction of sp³-hybridized carbons (Fsp3) is 0.462. The third-order valence-electron chi connectivity index (χ3n) is 2.44. The number of carbonyl (C=O) groups is 1. The molecule has 1 amide bonds. The lowest BCUT2D eigenvalue weighted by atomic mass is 10.3. The van der Waals surface area contributed by atoms with Crippen molar-refractivity contribution in [3.8, 4) is 0 Å². The Morgan fingerprint density at radius 2 is 2.05 bits per heavy atom. The monoisotopic (exact) mass is 347 g/mol. The summed E-state index contributed by atoms with van der Waals surface area (Å²) in [6.07, 6.45) is 1.01. The maximum atomic E-state index is 11.9. The highest BCUT2D eigenvalue weighted by atomic mass is 79.9. The molecular weight excluding hydrogens is 330 g/mol. The molecule has 106 valence electrons. The van der Waals surface area contributed by atoms with Crippen molar-refractivity contribution in [1.29, 1.82) is 0 Å². The lowest BCUT2D eigenvalue weighted by Crippen LogP contribution is -2.26. The van der Waals surface area contributed by atoms with E-state index in [2.05, 4.69) is 21.2 Å². The van der Waals surface area contributed by atoms with Crippen LogP contribution in [0.1, 0.15) is 12.8 Å². The van der Waals surface area contributed by atoms with Crippen molar-refractivity contribution < 1.29 is 13.7 Å². The number of hydrogen-bond donors (Lipinski definition) is 1. The van der Waals surface area contributed by atoms with Gasteiger partial charge in [-0.05, 0) is 30.7 Å². The van der Waals surface area contributed by atoms with Crippen molar-refractivity contribution in [1.82, 2.24) is 5.32 Å². The van der Waals surface area contributed by atoms with Crippen LogP contribution < -0.4 is 5.32 Å². The summed E-state index contributed by atoms with van der Waals surface area (Å²) in [6, 6.07) is 7.40. The highest BCUT2D eigenvalue weighted by Crippen LogP contribution is 2.14. The minimum Gasteiger partial charge on any atom is -0.383 e. The Bertz CT molecular complexity index is 422. The fourth-order valence-electron chi connectivity index (χ4n) is 1.45. The molecule has 0 fully saturated rings. The summed E-state index contributed by atoms with van der Waals surface area (Å²) in [6.45, 7) is 1.03. The van der Waals surface area contributed by atoms with Gasteiger partial charge in [0, 0.05) is 35.2 Å². The van der Waals surface area contributed by atoms with Crippen molar-refractivity contribution in [2.45, 2.75) is 17.7 Å². The summed E-state index contributed by atoms with van der Waals surface area (Å²) < 4.78 is 17.7. The Labute approximate surface area is 124 Å². The number of hydrogen-bond acceptors (Lipinski definition) is 3. The molecule has 1 atom stereocenters. The number of methoxy groups -OCH3 is 1. The number of ether oxygens (including phenoxy) is 1. The van der Waals surface area contributed by atoms with Crippen LogP contribution in [0.2, 0.25) is 0 Å². The van der Waals surface area contributed by atoms with E-state index in [4.69, 9.17) is 4.74 Å². The molecule has 0 aliphatic carbocycles. The maximum Gasteiger partial charge on any atom is 0.220 e. The molecule has 0 spiro atoms. The van der Waals surface area contributed by atoms with Crippen molar-refractivity contribution in [2.75, 3.05) is 26.0 Å². The quantitative estimate of drug-likeness (QED) is 0.732. The molecule has 0 saturated carbocycles. The highest BCUT2D eigenvalue weighted by molar-refractivity contribution is 9.10. The topological polar surface area (TPSA) is 55.4 Å².